The lowest BCUT2D eigenvalue weighted by molar-refractivity contribution is -0.134. The van der Waals surface area contributed by atoms with E-state index in [1.807, 2.05) is 6.92 Å². The molecule has 82 valence electrons. The molecule has 14 heavy (non-hydrogen) atoms. The first-order valence-corrected chi connectivity index (χ1v) is 3.90. The van der Waals surface area contributed by atoms with Gasteiger partial charge in [-0.15, -0.1) is 0 Å². The molecule has 6 heteroatoms. The third kappa shape index (κ3) is 22.4. The van der Waals surface area contributed by atoms with Gasteiger partial charge in [-0.3, -0.25) is 0 Å². The van der Waals surface area contributed by atoms with E-state index >= 15 is 0 Å². The van der Waals surface area contributed by atoms with Gasteiger partial charge in [0.1, 0.15) is 0 Å². The number of carboxylic acid groups (broad SMARTS) is 2. The minimum Gasteiger partial charge on any atom is -0.478 e. The van der Waals surface area contributed by atoms with Crippen molar-refractivity contribution in [2.45, 2.75) is 26.1 Å². The van der Waals surface area contributed by atoms with Crippen molar-refractivity contribution in [3.63, 3.8) is 0 Å². The number of carbonyl (C=O) groups is 2. The molecule has 0 aromatic rings. The SMILES string of the molecule is CCCC(O)O.O=C(O)/C=C/C(=O)O. The third-order valence-corrected chi connectivity index (χ3v) is 0.915. The molecule has 0 bridgehead atoms. The summed E-state index contributed by atoms with van der Waals surface area (Å²) in [6.45, 7) is 1.90. The molecule has 0 unspecified atom stereocenters. The lowest BCUT2D eigenvalue weighted by Crippen LogP contribution is -2.01. The summed E-state index contributed by atoms with van der Waals surface area (Å²) in [6.07, 6.45) is 1.33. The van der Waals surface area contributed by atoms with E-state index in [0.717, 1.165) is 6.42 Å². The average Bonchev–Trinajstić information content (AvgIpc) is 2.01. The first-order chi connectivity index (χ1) is 6.40. The standard InChI is InChI=1S/C4H4O4.C4H10O2/c5-3(6)1-2-4(7)8;1-2-3-4(5)6/h1-2H,(H,5,6)(H,7,8);4-6H,2-3H2,1H3/b2-1+;. The van der Waals surface area contributed by atoms with Crippen molar-refractivity contribution >= 4 is 11.9 Å². The van der Waals surface area contributed by atoms with Crippen LogP contribution in [0.3, 0.4) is 0 Å². The van der Waals surface area contributed by atoms with E-state index in [0.29, 0.717) is 18.6 Å². The summed E-state index contributed by atoms with van der Waals surface area (Å²) in [5, 5.41) is 31.8. The molecule has 0 aliphatic rings. The Morgan fingerprint density at radius 1 is 1.14 bits per heavy atom. The zero-order valence-corrected chi connectivity index (χ0v) is 7.75. The normalized spacial score (nSPS) is 9.71. The zero-order chi connectivity index (χ0) is 11.6. The number of hydrogen-bond donors (Lipinski definition) is 4. The molecule has 0 aliphatic carbocycles. The predicted octanol–water partition coefficient (Wildman–Crippen LogP) is -0.191. The summed E-state index contributed by atoms with van der Waals surface area (Å²) in [5.74, 6) is -2.51. The molecule has 0 fully saturated rings. The van der Waals surface area contributed by atoms with Crippen LogP contribution in [0.4, 0.5) is 0 Å². The fourth-order valence-electron chi connectivity index (χ4n) is 0.401. The first kappa shape index (κ1) is 15.1. The summed E-state index contributed by atoms with van der Waals surface area (Å²) in [4.78, 5) is 19.1. The van der Waals surface area contributed by atoms with Gasteiger partial charge in [0.2, 0.25) is 0 Å². The highest BCUT2D eigenvalue weighted by Gasteiger charge is 1.89. The summed E-state index contributed by atoms with van der Waals surface area (Å²) in [5.41, 5.74) is 0. The fraction of sp³-hybridized carbons (Fsp3) is 0.500. The van der Waals surface area contributed by atoms with E-state index in [-0.39, 0.29) is 0 Å². The van der Waals surface area contributed by atoms with Crippen molar-refractivity contribution in [2.24, 2.45) is 0 Å². The molecule has 4 N–H and O–H groups in total. The van der Waals surface area contributed by atoms with Crippen LogP contribution in [0.1, 0.15) is 19.8 Å². The molecule has 0 spiro atoms. The van der Waals surface area contributed by atoms with Gasteiger partial charge in [0, 0.05) is 12.2 Å². The predicted molar refractivity (Wildman–Crippen MR) is 47.5 cm³/mol. The maximum atomic E-state index is 9.55. The largest absolute Gasteiger partial charge is 0.478 e. The second kappa shape index (κ2) is 9.69. The van der Waals surface area contributed by atoms with Crippen molar-refractivity contribution in [2.75, 3.05) is 0 Å². The molecule has 0 saturated heterocycles. The van der Waals surface area contributed by atoms with E-state index in [1.54, 1.807) is 0 Å². The molecule has 0 atom stereocenters. The van der Waals surface area contributed by atoms with Crippen molar-refractivity contribution in [3.05, 3.63) is 12.2 Å². The van der Waals surface area contributed by atoms with Gasteiger partial charge in [-0.2, -0.15) is 0 Å². The van der Waals surface area contributed by atoms with Crippen molar-refractivity contribution in [1.82, 2.24) is 0 Å². The van der Waals surface area contributed by atoms with Gasteiger partial charge in [-0.25, -0.2) is 9.59 Å². The zero-order valence-electron chi connectivity index (χ0n) is 7.75. The Morgan fingerprint density at radius 2 is 1.50 bits per heavy atom. The van der Waals surface area contributed by atoms with Crippen LogP contribution in [0.5, 0.6) is 0 Å². The summed E-state index contributed by atoms with van der Waals surface area (Å²) in [7, 11) is 0. The molecule has 0 amide bonds. The van der Waals surface area contributed by atoms with Crippen LogP contribution in [0.2, 0.25) is 0 Å². The Bertz CT molecular complexity index is 180. The highest BCUT2D eigenvalue weighted by atomic mass is 16.5. The van der Waals surface area contributed by atoms with Gasteiger partial charge < -0.3 is 20.4 Å². The van der Waals surface area contributed by atoms with Crippen molar-refractivity contribution in [1.29, 1.82) is 0 Å². The Morgan fingerprint density at radius 3 is 1.57 bits per heavy atom. The third-order valence-electron chi connectivity index (χ3n) is 0.915. The molecule has 0 saturated carbocycles. The van der Waals surface area contributed by atoms with Gasteiger partial charge in [-0.05, 0) is 6.42 Å². The second-order valence-electron chi connectivity index (χ2n) is 2.28. The maximum Gasteiger partial charge on any atom is 0.328 e. The first-order valence-electron chi connectivity index (χ1n) is 3.90. The molecule has 0 aliphatic heterocycles. The van der Waals surface area contributed by atoms with Crippen LogP contribution >= 0.6 is 0 Å². The minimum atomic E-state index is -1.26. The quantitative estimate of drug-likeness (QED) is 0.374. The smallest absolute Gasteiger partial charge is 0.328 e. The maximum absolute atomic E-state index is 9.55. The Labute approximate surface area is 81.1 Å². The fourth-order valence-corrected chi connectivity index (χ4v) is 0.401. The van der Waals surface area contributed by atoms with E-state index < -0.39 is 18.2 Å². The van der Waals surface area contributed by atoms with Gasteiger partial charge in [0.15, 0.2) is 6.29 Å². The number of carboxylic acids is 2. The Hall–Kier alpha value is -1.40. The van der Waals surface area contributed by atoms with Crippen LogP contribution in [-0.4, -0.2) is 38.7 Å². The van der Waals surface area contributed by atoms with Gasteiger partial charge in [0.25, 0.3) is 0 Å². The highest BCUT2D eigenvalue weighted by Crippen LogP contribution is 1.88. The summed E-state index contributed by atoms with van der Waals surface area (Å²) >= 11 is 0. The Kier molecular flexibility index (Phi) is 10.4. The monoisotopic (exact) mass is 206 g/mol. The van der Waals surface area contributed by atoms with E-state index in [2.05, 4.69) is 0 Å². The number of hydrogen-bond acceptors (Lipinski definition) is 4. The van der Waals surface area contributed by atoms with Gasteiger partial charge in [-0.1, -0.05) is 13.3 Å². The van der Waals surface area contributed by atoms with E-state index in [1.165, 1.54) is 0 Å². The Balaban J connectivity index is 0. The van der Waals surface area contributed by atoms with E-state index in [9.17, 15) is 9.59 Å². The minimum absolute atomic E-state index is 0.486. The lowest BCUT2D eigenvalue weighted by atomic mass is 10.3. The van der Waals surface area contributed by atoms with Crippen LogP contribution in [0.15, 0.2) is 12.2 Å². The molecule has 0 aromatic heterocycles. The molecule has 6 nitrogen and oxygen atoms in total. The molecular formula is C8H14O6. The number of rotatable bonds is 4. The summed E-state index contributed by atoms with van der Waals surface area (Å²) in [6, 6.07) is 0. The van der Waals surface area contributed by atoms with Crippen LogP contribution < -0.4 is 0 Å². The number of aliphatic carboxylic acids is 2. The number of aliphatic hydroxyl groups is 2. The molecule has 0 aromatic carbocycles. The van der Waals surface area contributed by atoms with E-state index in [4.69, 9.17) is 20.4 Å². The molecule has 0 radical (unpaired) electrons. The molecule has 0 rings (SSSR count). The second-order valence-corrected chi connectivity index (χ2v) is 2.28. The van der Waals surface area contributed by atoms with Gasteiger partial charge in [0.05, 0.1) is 0 Å². The number of aliphatic hydroxyl groups excluding tert-OH is 1. The van der Waals surface area contributed by atoms with Crippen molar-refractivity contribution in [3.8, 4) is 0 Å². The topological polar surface area (TPSA) is 115 Å². The van der Waals surface area contributed by atoms with Gasteiger partial charge >= 0.3 is 11.9 Å². The van der Waals surface area contributed by atoms with Crippen LogP contribution in [0.25, 0.3) is 0 Å². The van der Waals surface area contributed by atoms with Crippen molar-refractivity contribution < 1.29 is 30.0 Å². The lowest BCUT2D eigenvalue weighted by Gasteiger charge is -1.94. The highest BCUT2D eigenvalue weighted by molar-refractivity contribution is 5.89. The molecule has 0 heterocycles. The molecular weight excluding hydrogens is 192 g/mol. The van der Waals surface area contributed by atoms with Crippen LogP contribution in [0, 0.1) is 0 Å². The van der Waals surface area contributed by atoms with Crippen LogP contribution in [-0.2, 0) is 9.59 Å². The average molecular weight is 206 g/mol. The summed E-state index contributed by atoms with van der Waals surface area (Å²) < 4.78 is 0.